The zero-order chi connectivity index (χ0) is 23.0. The normalized spacial score (nSPS) is 10.7. The number of ether oxygens (including phenoxy) is 3. The number of esters is 1. The largest absolute Gasteiger partial charge is 0.495 e. The number of amides is 2. The summed E-state index contributed by atoms with van der Waals surface area (Å²) in [7, 11) is 1.49. The molecule has 2 amide bonds. The van der Waals surface area contributed by atoms with Crippen molar-refractivity contribution in [3.05, 3.63) is 53.1 Å². The van der Waals surface area contributed by atoms with Crippen molar-refractivity contribution < 1.29 is 28.6 Å². The van der Waals surface area contributed by atoms with E-state index in [0.717, 1.165) is 0 Å². The van der Waals surface area contributed by atoms with E-state index >= 15 is 0 Å². The molecule has 0 spiro atoms. The van der Waals surface area contributed by atoms with E-state index in [-0.39, 0.29) is 17.9 Å². The Morgan fingerprint density at radius 3 is 2.32 bits per heavy atom. The van der Waals surface area contributed by atoms with Gasteiger partial charge in [-0.15, -0.1) is 0 Å². The number of hydrogen-bond donors (Lipinski definition) is 2. The Balaban J connectivity index is 1.94. The van der Waals surface area contributed by atoms with Crippen LogP contribution < -0.4 is 20.1 Å². The van der Waals surface area contributed by atoms with Gasteiger partial charge >= 0.3 is 5.97 Å². The molecule has 0 aromatic heterocycles. The highest BCUT2D eigenvalue weighted by Gasteiger charge is 2.18. The van der Waals surface area contributed by atoms with Crippen LogP contribution in [0.3, 0.4) is 0 Å². The van der Waals surface area contributed by atoms with Gasteiger partial charge in [0.1, 0.15) is 17.1 Å². The summed E-state index contributed by atoms with van der Waals surface area (Å²) in [5.41, 5.74) is 0.134. The molecule has 0 saturated heterocycles. The van der Waals surface area contributed by atoms with Crippen LogP contribution in [0, 0.1) is 0 Å². The Labute approximate surface area is 185 Å². The third-order valence-corrected chi connectivity index (χ3v) is 4.05. The van der Waals surface area contributed by atoms with Gasteiger partial charge in [-0.2, -0.15) is 0 Å². The monoisotopic (exact) mass is 448 g/mol. The van der Waals surface area contributed by atoms with Gasteiger partial charge < -0.3 is 24.8 Å². The Morgan fingerprint density at radius 2 is 1.68 bits per heavy atom. The van der Waals surface area contributed by atoms with E-state index in [2.05, 4.69) is 10.6 Å². The molecule has 2 N–H and O–H groups in total. The summed E-state index contributed by atoms with van der Waals surface area (Å²) < 4.78 is 15.6. The molecule has 8 nitrogen and oxygen atoms in total. The number of anilines is 1. The summed E-state index contributed by atoms with van der Waals surface area (Å²) in [5, 5.41) is 5.69. The van der Waals surface area contributed by atoms with Gasteiger partial charge in [0.25, 0.3) is 11.8 Å². The van der Waals surface area contributed by atoms with Gasteiger partial charge in [-0.25, -0.2) is 4.79 Å². The van der Waals surface area contributed by atoms with Crippen LogP contribution in [0.1, 0.15) is 31.1 Å². The average Bonchev–Trinajstić information content (AvgIpc) is 2.69. The van der Waals surface area contributed by atoms with Gasteiger partial charge in [0, 0.05) is 11.2 Å². The molecular formula is C22H25ClN2O6. The van der Waals surface area contributed by atoms with E-state index in [9.17, 15) is 14.4 Å². The lowest BCUT2D eigenvalue weighted by molar-refractivity contribution is -0.125. The Morgan fingerprint density at radius 1 is 0.968 bits per heavy atom. The first-order valence-electron chi connectivity index (χ1n) is 9.42. The smallest absolute Gasteiger partial charge is 0.342 e. The van der Waals surface area contributed by atoms with E-state index in [4.69, 9.17) is 25.8 Å². The Bertz CT molecular complexity index is 955. The zero-order valence-corrected chi connectivity index (χ0v) is 18.5. The van der Waals surface area contributed by atoms with Crippen molar-refractivity contribution in [2.75, 3.05) is 25.6 Å². The summed E-state index contributed by atoms with van der Waals surface area (Å²) in [6, 6.07) is 11.1. The van der Waals surface area contributed by atoms with Gasteiger partial charge in [0.2, 0.25) is 0 Å². The van der Waals surface area contributed by atoms with Crippen molar-refractivity contribution in [3.8, 4) is 11.5 Å². The fourth-order valence-electron chi connectivity index (χ4n) is 2.51. The second-order valence-corrected chi connectivity index (χ2v) is 7.96. The minimum atomic E-state index is -0.734. The SMILES string of the molecule is COc1ccc(NC(=O)COc2ccccc2C(=O)OCC(=O)NC(C)(C)C)cc1Cl. The van der Waals surface area contributed by atoms with Crippen LogP contribution in [0.4, 0.5) is 5.69 Å². The number of para-hydroxylation sites is 1. The van der Waals surface area contributed by atoms with Crippen LogP contribution >= 0.6 is 11.6 Å². The number of carbonyl (C=O) groups excluding carboxylic acids is 3. The molecule has 2 rings (SSSR count). The molecule has 166 valence electrons. The maximum atomic E-state index is 12.4. The molecule has 0 fully saturated rings. The molecule has 2 aromatic carbocycles. The lowest BCUT2D eigenvalue weighted by Gasteiger charge is -2.20. The molecule has 0 saturated carbocycles. The van der Waals surface area contributed by atoms with Gasteiger partial charge in [-0.1, -0.05) is 23.7 Å². The molecule has 0 bridgehead atoms. The zero-order valence-electron chi connectivity index (χ0n) is 17.8. The molecule has 0 radical (unpaired) electrons. The van der Waals surface area contributed by atoms with Crippen LogP contribution in [0.25, 0.3) is 0 Å². The van der Waals surface area contributed by atoms with E-state index in [1.54, 1.807) is 30.3 Å². The molecule has 0 aliphatic carbocycles. The Hall–Kier alpha value is -3.26. The van der Waals surface area contributed by atoms with Crippen molar-refractivity contribution in [2.24, 2.45) is 0 Å². The number of halogens is 1. The molecule has 2 aromatic rings. The lowest BCUT2D eigenvalue weighted by atomic mass is 10.1. The number of benzene rings is 2. The van der Waals surface area contributed by atoms with E-state index in [1.165, 1.54) is 19.2 Å². The molecule has 0 aliphatic rings. The molecule has 31 heavy (non-hydrogen) atoms. The van der Waals surface area contributed by atoms with Gasteiger partial charge in [-0.05, 0) is 51.1 Å². The van der Waals surface area contributed by atoms with Crippen LogP contribution in [0.2, 0.25) is 5.02 Å². The quantitative estimate of drug-likeness (QED) is 0.600. The van der Waals surface area contributed by atoms with Crippen LogP contribution in [0.5, 0.6) is 11.5 Å². The first-order valence-corrected chi connectivity index (χ1v) is 9.80. The second-order valence-electron chi connectivity index (χ2n) is 7.56. The van der Waals surface area contributed by atoms with E-state index in [0.29, 0.717) is 16.5 Å². The number of nitrogens with one attached hydrogen (secondary N) is 2. The predicted octanol–water partition coefficient (Wildman–Crippen LogP) is 3.44. The van der Waals surface area contributed by atoms with Gasteiger partial charge in [0.05, 0.1) is 12.1 Å². The first-order chi connectivity index (χ1) is 14.6. The molecule has 9 heteroatoms. The first kappa shape index (κ1) is 24.0. The summed E-state index contributed by atoms with van der Waals surface area (Å²) in [4.78, 5) is 36.4. The summed E-state index contributed by atoms with van der Waals surface area (Å²) in [5.74, 6) is -0.959. The molecule has 0 heterocycles. The van der Waals surface area contributed by atoms with Gasteiger partial charge in [0.15, 0.2) is 13.2 Å². The lowest BCUT2D eigenvalue weighted by Crippen LogP contribution is -2.42. The highest BCUT2D eigenvalue weighted by Crippen LogP contribution is 2.27. The molecule has 0 unspecified atom stereocenters. The minimum Gasteiger partial charge on any atom is -0.495 e. The predicted molar refractivity (Wildman–Crippen MR) is 117 cm³/mol. The summed E-state index contributed by atoms with van der Waals surface area (Å²) in [6.45, 7) is 4.68. The third-order valence-electron chi connectivity index (χ3n) is 3.75. The van der Waals surface area contributed by atoms with Gasteiger partial charge in [-0.3, -0.25) is 9.59 Å². The second kappa shape index (κ2) is 10.7. The van der Waals surface area contributed by atoms with Crippen molar-refractivity contribution in [2.45, 2.75) is 26.3 Å². The topological polar surface area (TPSA) is 103 Å². The number of carbonyl (C=O) groups is 3. The molecular weight excluding hydrogens is 424 g/mol. The van der Waals surface area contributed by atoms with Crippen molar-refractivity contribution >= 4 is 35.1 Å². The number of rotatable bonds is 8. The maximum Gasteiger partial charge on any atom is 0.342 e. The van der Waals surface area contributed by atoms with Crippen molar-refractivity contribution in [3.63, 3.8) is 0 Å². The minimum absolute atomic E-state index is 0.103. The number of hydrogen-bond acceptors (Lipinski definition) is 6. The van der Waals surface area contributed by atoms with Crippen LogP contribution in [-0.2, 0) is 14.3 Å². The maximum absolute atomic E-state index is 12.4. The highest BCUT2D eigenvalue weighted by molar-refractivity contribution is 6.32. The van der Waals surface area contributed by atoms with Crippen LogP contribution in [0.15, 0.2) is 42.5 Å². The molecule has 0 atom stereocenters. The number of methoxy groups -OCH3 is 1. The van der Waals surface area contributed by atoms with Crippen molar-refractivity contribution in [1.29, 1.82) is 0 Å². The fourth-order valence-corrected chi connectivity index (χ4v) is 2.77. The standard InChI is InChI=1S/C22H25ClN2O6/c1-22(2,3)25-20(27)13-31-21(28)15-7-5-6-8-17(15)30-12-19(26)24-14-9-10-18(29-4)16(23)11-14/h5-11H,12-13H2,1-4H3,(H,24,26)(H,25,27). The fraction of sp³-hybridized carbons (Fsp3) is 0.318. The van der Waals surface area contributed by atoms with Crippen LogP contribution in [-0.4, -0.2) is 43.6 Å². The third kappa shape index (κ3) is 7.82. The molecule has 0 aliphatic heterocycles. The summed E-state index contributed by atoms with van der Waals surface area (Å²) in [6.07, 6.45) is 0. The van der Waals surface area contributed by atoms with E-state index < -0.39 is 29.9 Å². The van der Waals surface area contributed by atoms with Crippen molar-refractivity contribution in [1.82, 2.24) is 5.32 Å². The average molecular weight is 449 g/mol. The highest BCUT2D eigenvalue weighted by atomic mass is 35.5. The Kier molecular flexibility index (Phi) is 8.27. The van der Waals surface area contributed by atoms with E-state index in [1.807, 2.05) is 20.8 Å². The summed E-state index contributed by atoms with van der Waals surface area (Å²) >= 11 is 6.04.